The van der Waals surface area contributed by atoms with Crippen LogP contribution in [-0.4, -0.2) is 235 Å². The number of amides is 3. The van der Waals surface area contributed by atoms with E-state index < -0.39 is 121 Å². The van der Waals surface area contributed by atoms with Gasteiger partial charge in [-0.15, -0.1) is 0 Å². The van der Waals surface area contributed by atoms with Crippen molar-refractivity contribution in [2.75, 3.05) is 89.4 Å². The van der Waals surface area contributed by atoms with Gasteiger partial charge < -0.3 is 90.8 Å². The van der Waals surface area contributed by atoms with Gasteiger partial charge in [0.2, 0.25) is 17.8 Å². The fourth-order valence-corrected chi connectivity index (χ4v) is 10.7. The molecule has 1 aliphatic rings. The van der Waals surface area contributed by atoms with Gasteiger partial charge in [-0.25, -0.2) is 19.6 Å². The van der Waals surface area contributed by atoms with Crippen LogP contribution in [0.1, 0.15) is 98.7 Å². The summed E-state index contributed by atoms with van der Waals surface area (Å²) in [5.41, 5.74) is 29.9. The van der Waals surface area contributed by atoms with Gasteiger partial charge in [-0.2, -0.15) is 24.2 Å². The monoisotopic (exact) mass is 1440 g/mol. The van der Waals surface area contributed by atoms with Crippen LogP contribution in [0.3, 0.4) is 0 Å². The summed E-state index contributed by atoms with van der Waals surface area (Å²) < 4.78 is 0. The van der Waals surface area contributed by atoms with E-state index in [1.165, 1.54) is 30.5 Å². The lowest BCUT2D eigenvalue weighted by molar-refractivity contribution is -0.193. The number of benzene rings is 2. The number of nitrogens with two attached hydrogens (primary N) is 5. The smallest absolute Gasteiger partial charge is 0.373 e. The Morgan fingerprint density at radius 1 is 0.686 bits per heavy atom. The van der Waals surface area contributed by atoms with E-state index >= 15 is 0 Å². The van der Waals surface area contributed by atoms with Gasteiger partial charge >= 0.3 is 36.2 Å². The number of guanidine groups is 2. The van der Waals surface area contributed by atoms with Crippen LogP contribution in [0, 0.1) is 11.8 Å². The van der Waals surface area contributed by atoms with Gasteiger partial charge in [0.25, 0.3) is 11.5 Å². The number of ketones is 2. The van der Waals surface area contributed by atoms with E-state index in [1.54, 1.807) is 0 Å². The summed E-state index contributed by atoms with van der Waals surface area (Å²) in [4.78, 5) is 191. The molecule has 4 aromatic rings. The number of hydrogen-bond acceptors (Lipinski definition) is 25. The lowest BCUT2D eigenvalue weighted by Gasteiger charge is -2.30. The topological polar surface area (TPSA) is 611 Å². The molecule has 5 rings (SSSR count). The number of aliphatic imine (C=N–C) groups is 2. The molecule has 1 aliphatic heterocycles. The zero-order chi connectivity index (χ0) is 75.8. The van der Waals surface area contributed by atoms with Crippen LogP contribution >= 0.6 is 12.2 Å². The van der Waals surface area contributed by atoms with Crippen LogP contribution in [0.2, 0.25) is 0 Å². The molecule has 0 aliphatic carbocycles. The van der Waals surface area contributed by atoms with Crippen LogP contribution in [0.5, 0.6) is 0 Å². The summed E-state index contributed by atoms with van der Waals surface area (Å²) in [6, 6.07) is 9.55. The van der Waals surface area contributed by atoms with Crippen molar-refractivity contribution < 1.29 is 82.8 Å². The molecule has 2 aromatic heterocycles. The first-order valence-electron chi connectivity index (χ1n) is 32.0. The summed E-state index contributed by atoms with van der Waals surface area (Å²) in [6.07, 6.45) is 0.388. The van der Waals surface area contributed by atoms with Crippen molar-refractivity contribution in [1.82, 2.24) is 55.9 Å². The molecule has 3 amide bonds. The summed E-state index contributed by atoms with van der Waals surface area (Å²) in [5, 5.41) is 56.6. The molecule has 1 unspecified atom stereocenters. The summed E-state index contributed by atoms with van der Waals surface area (Å²) >= 11 is 5.53. The molecule has 21 N–H and O–H groups in total. The van der Waals surface area contributed by atoms with Gasteiger partial charge in [0, 0.05) is 101 Å². The number of nitrogens with zero attached hydrogens (tertiary/aromatic N) is 8. The number of H-pyrrole nitrogens is 1. The van der Waals surface area contributed by atoms with Crippen LogP contribution in [0.25, 0.3) is 11.2 Å². The predicted octanol–water partition coefficient (Wildman–Crippen LogP) is -2.18. The molecular formula is C63H88N20O18S. The molecule has 0 saturated carbocycles. The lowest BCUT2D eigenvalue weighted by Crippen LogP contribution is -2.47. The van der Waals surface area contributed by atoms with Crippen LogP contribution in [0.15, 0.2) is 69.5 Å². The van der Waals surface area contributed by atoms with E-state index in [4.69, 9.17) is 60.1 Å². The van der Waals surface area contributed by atoms with E-state index in [2.05, 4.69) is 78.7 Å². The van der Waals surface area contributed by atoms with Crippen molar-refractivity contribution in [3.8, 4) is 0 Å². The van der Waals surface area contributed by atoms with Gasteiger partial charge in [-0.1, -0.05) is 12.1 Å². The van der Waals surface area contributed by atoms with E-state index in [9.17, 15) is 68.4 Å². The fourth-order valence-electron chi connectivity index (χ4n) is 10.5. The van der Waals surface area contributed by atoms with Crippen molar-refractivity contribution in [2.45, 2.75) is 114 Å². The molecule has 0 radical (unpaired) electrons. The maximum Gasteiger partial charge on any atom is 0.373 e. The first kappa shape index (κ1) is 85.0. The van der Waals surface area contributed by atoms with Gasteiger partial charge in [-0.3, -0.25) is 58.2 Å². The predicted molar refractivity (Wildman–Crippen MR) is 370 cm³/mol. The lowest BCUT2D eigenvalue weighted by atomic mass is 9.90. The Labute approximate surface area is 589 Å². The number of unbranched alkanes of at least 4 members (excludes halogenated alkanes) is 1. The van der Waals surface area contributed by atoms with Crippen LogP contribution in [-0.2, 0) is 70.5 Å². The van der Waals surface area contributed by atoms with Crippen molar-refractivity contribution in [2.24, 2.45) is 44.8 Å². The van der Waals surface area contributed by atoms with E-state index in [1.807, 2.05) is 36.2 Å². The normalized spacial score (nSPS) is 14.5. The molecule has 554 valence electrons. The second kappa shape index (κ2) is 45.4. The fraction of sp³-hybridized carbons (Fsp3) is 0.492. The molecule has 1 saturated heterocycles. The number of anilines is 3. The average Bonchev–Trinajstić information content (AvgIpc) is 0.867. The molecular weight excluding hydrogens is 1360 g/mol. The summed E-state index contributed by atoms with van der Waals surface area (Å²) in [6.45, 7) is 4.11. The van der Waals surface area contributed by atoms with E-state index in [-0.39, 0.29) is 111 Å². The number of fused-ring (bicyclic) bond motifs is 1. The number of nitrogens with one attached hydrogen (secondary N) is 7. The Morgan fingerprint density at radius 2 is 1.26 bits per heavy atom. The molecule has 1 fully saturated rings. The van der Waals surface area contributed by atoms with Gasteiger partial charge in [0.1, 0.15) is 17.9 Å². The molecule has 6 atom stereocenters. The third-order valence-electron chi connectivity index (χ3n) is 15.7. The number of carbonyl (C=O) groups is 9. The minimum absolute atomic E-state index is 0.000526. The second-order valence-corrected chi connectivity index (χ2v) is 24.0. The molecule has 102 heavy (non-hydrogen) atoms. The second-order valence-electron chi connectivity index (χ2n) is 23.6. The zero-order valence-corrected chi connectivity index (χ0v) is 57.1. The highest BCUT2D eigenvalue weighted by atomic mass is 32.1. The number of rotatable bonds is 39. The minimum atomic E-state index is -1.60. The van der Waals surface area contributed by atoms with Crippen molar-refractivity contribution in [1.29, 1.82) is 0 Å². The molecule has 2 aromatic carbocycles. The highest BCUT2D eigenvalue weighted by molar-refractivity contribution is 7.80. The standard InChI is InChI=1S/C61H88N20O14S.2CO2/c1-79-23-25-81(34-49(86)87)26-24-80(2)42(33-79)27-35-10-14-40(15-11-35)73-61(96)69-20-4-3-8-45(56(92)93)75-53(89)37(7-5-21-67-58(62)63)29-47(83)44(9-6-22-68-59(64)65)74-54(90)38(30-48(84)85)28-43(82)18-19-46(57(94)95)76-52(88)36-12-16-39(17-13-36)70-31-41-32-71-51-50(72-41)55(91)78-60(66)77-51;2*2-1-3/h10-17,32,37-38,42,44-46,70H,3-9,18-31,33-34H2,1-2H3,(H,74,90)(H,75,89)(H,76,88)(H,84,85)(H,86,87)(H,92,93)(H,94,95)(H4,62,63,67)(H4,64,65,68)(H2,69,73,96)(H3,66,71,77,78,91);;/t37-,38+,42?,44+,45+,46+;;/m1../s1. The van der Waals surface area contributed by atoms with Gasteiger partial charge in [-0.05, 0) is 126 Å². The van der Waals surface area contributed by atoms with Crippen LogP contribution in [0.4, 0.5) is 17.3 Å². The number of aromatic nitrogens is 4. The third-order valence-corrected chi connectivity index (χ3v) is 16.0. The Morgan fingerprint density at radius 3 is 1.87 bits per heavy atom. The number of carboxylic acid groups (broad SMARTS) is 4. The van der Waals surface area contributed by atoms with Gasteiger partial charge in [0.15, 0.2) is 34.0 Å². The minimum Gasteiger partial charge on any atom is -0.481 e. The number of hydrogen-bond donors (Lipinski definition) is 16. The Balaban J connectivity index is 0.00000434. The number of carbonyl (C=O) groups excluding carboxylic acids is 9. The molecule has 0 bridgehead atoms. The number of thiocarbonyl (C=S) groups is 1. The number of Topliss-reactive ketones (excluding diaryl/α,β-unsaturated/α-hetero) is 2. The average molecular weight is 1450 g/mol. The first-order chi connectivity index (χ1) is 48.4. The largest absolute Gasteiger partial charge is 0.481 e. The Hall–Kier alpha value is -11.2. The highest BCUT2D eigenvalue weighted by Gasteiger charge is 2.34. The molecule has 0 spiro atoms. The first-order valence-corrected chi connectivity index (χ1v) is 32.4. The Bertz CT molecular complexity index is 3660. The maximum atomic E-state index is 14.3. The molecule has 39 heteroatoms. The van der Waals surface area contributed by atoms with E-state index in [0.29, 0.717) is 49.0 Å². The molecule has 38 nitrogen and oxygen atoms in total. The maximum absolute atomic E-state index is 14.3. The summed E-state index contributed by atoms with van der Waals surface area (Å²) in [5.74, 6) is -12.6. The number of aromatic amines is 1. The van der Waals surface area contributed by atoms with Gasteiger partial charge in [0.05, 0.1) is 43.4 Å². The SMILES string of the molecule is CN1CCN(CC(=O)O)CCN(C)C(Cc2ccc(NC(=S)NCCCC[C@H](NC(=O)[C@H](CCCN=C(N)N)CC(=O)[C@H](CCCN=C(N)N)NC(=O)[C@H](CC(=O)O)CC(=O)CC[C@H](NC(=O)c3ccc(NCc4cnc5nc(N)[nH]c(=O)c5n4)cc3)C(=O)O)C(=O)O)cc2)C1.O=C=O.O=C=O. The quantitative estimate of drug-likeness (QED) is 0.00978. The highest BCUT2D eigenvalue weighted by Crippen LogP contribution is 2.21. The van der Waals surface area contributed by atoms with Crippen molar-refractivity contribution in [3.05, 3.63) is 81.9 Å². The van der Waals surface area contributed by atoms with Crippen molar-refractivity contribution in [3.63, 3.8) is 0 Å². The van der Waals surface area contributed by atoms with E-state index in [0.717, 1.165) is 37.3 Å². The number of likely N-dealkylation sites (N-methyl/N-ethyl adjacent to an activating group) is 2. The number of aliphatic carboxylic acids is 4. The summed E-state index contributed by atoms with van der Waals surface area (Å²) in [7, 11) is 4.09. The molecule has 3 heterocycles. The third kappa shape index (κ3) is 33.1. The number of nitrogen functional groups attached to an aromatic ring is 1. The Kier molecular flexibility index (Phi) is 37.9. The van der Waals surface area contributed by atoms with Crippen LogP contribution < -0.4 is 66.1 Å². The van der Waals surface area contributed by atoms with Crippen molar-refractivity contribution >= 4 is 123 Å². The zero-order valence-electron chi connectivity index (χ0n) is 56.3. The number of carboxylic acids is 4.